The molecule has 1 rings (SSSR count). The summed E-state index contributed by atoms with van der Waals surface area (Å²) in [4.78, 5) is 21.5. The van der Waals surface area contributed by atoms with E-state index in [1.807, 2.05) is 13.0 Å². The summed E-state index contributed by atoms with van der Waals surface area (Å²) in [6.45, 7) is 2.22. The predicted octanol–water partition coefficient (Wildman–Crippen LogP) is 2.37. The highest BCUT2D eigenvalue weighted by atomic mass is 16.6. The van der Waals surface area contributed by atoms with Crippen LogP contribution < -0.4 is 0 Å². The first-order chi connectivity index (χ1) is 8.15. The Kier molecular flexibility index (Phi) is 5.03. The van der Waals surface area contributed by atoms with Crippen molar-refractivity contribution in [2.45, 2.75) is 6.92 Å². The number of nitrogens with zero attached hydrogens (tertiary/aromatic N) is 1. The average Bonchev–Trinajstić information content (AvgIpc) is 2.34. The summed E-state index contributed by atoms with van der Waals surface area (Å²) in [6, 6.07) is 5.47. The quantitative estimate of drug-likeness (QED) is 0.249. The van der Waals surface area contributed by atoms with Gasteiger partial charge in [-0.15, -0.1) is 0 Å². The van der Waals surface area contributed by atoms with Crippen LogP contribution in [0.3, 0.4) is 0 Å². The van der Waals surface area contributed by atoms with Crippen molar-refractivity contribution in [3.8, 4) is 0 Å². The summed E-state index contributed by atoms with van der Waals surface area (Å²) in [7, 11) is 0. The van der Waals surface area contributed by atoms with Gasteiger partial charge in [-0.1, -0.05) is 12.2 Å². The van der Waals surface area contributed by atoms with Gasteiger partial charge < -0.3 is 4.74 Å². The number of ketones is 1. The van der Waals surface area contributed by atoms with Crippen molar-refractivity contribution in [1.29, 1.82) is 0 Å². The van der Waals surface area contributed by atoms with Crippen LogP contribution in [0.1, 0.15) is 17.3 Å². The standard InChI is InChI=1S/C12H13NO4/c1-2-3-8-17-9-12(14)10-4-6-11(7-5-10)13(15)16/h2-7H,8-9H2,1H3. The van der Waals surface area contributed by atoms with E-state index in [1.165, 1.54) is 24.3 Å². The van der Waals surface area contributed by atoms with Crippen LogP contribution in [-0.4, -0.2) is 23.9 Å². The molecule has 0 atom stereocenters. The summed E-state index contributed by atoms with van der Waals surface area (Å²) in [5.41, 5.74) is 0.382. The molecule has 0 saturated heterocycles. The van der Waals surface area contributed by atoms with E-state index in [4.69, 9.17) is 4.74 Å². The third kappa shape index (κ3) is 4.16. The topological polar surface area (TPSA) is 69.4 Å². The molecule has 0 unspecified atom stereocenters. The summed E-state index contributed by atoms with van der Waals surface area (Å²) >= 11 is 0. The fourth-order valence-electron chi connectivity index (χ4n) is 1.17. The molecular formula is C12H13NO4. The maximum absolute atomic E-state index is 11.6. The van der Waals surface area contributed by atoms with Gasteiger partial charge in [0.2, 0.25) is 0 Å². The van der Waals surface area contributed by atoms with Gasteiger partial charge in [0.05, 0.1) is 11.5 Å². The number of nitro groups is 1. The molecule has 5 nitrogen and oxygen atoms in total. The van der Waals surface area contributed by atoms with Crippen molar-refractivity contribution in [2.75, 3.05) is 13.2 Å². The van der Waals surface area contributed by atoms with Crippen molar-refractivity contribution < 1.29 is 14.5 Å². The maximum atomic E-state index is 11.6. The molecule has 1 aromatic carbocycles. The van der Waals surface area contributed by atoms with Crippen molar-refractivity contribution in [3.63, 3.8) is 0 Å². The van der Waals surface area contributed by atoms with Crippen LogP contribution >= 0.6 is 0 Å². The third-order valence-corrected chi connectivity index (χ3v) is 2.08. The van der Waals surface area contributed by atoms with Crippen molar-refractivity contribution in [2.24, 2.45) is 0 Å². The Balaban J connectivity index is 2.54. The van der Waals surface area contributed by atoms with E-state index in [0.717, 1.165) is 0 Å². The number of hydrogen-bond donors (Lipinski definition) is 0. The number of non-ortho nitro benzene ring substituents is 1. The van der Waals surface area contributed by atoms with Crippen molar-refractivity contribution in [1.82, 2.24) is 0 Å². The highest BCUT2D eigenvalue weighted by molar-refractivity contribution is 5.97. The van der Waals surface area contributed by atoms with Gasteiger partial charge in [-0.3, -0.25) is 14.9 Å². The molecule has 0 aliphatic heterocycles. The van der Waals surface area contributed by atoms with Crippen LogP contribution in [0.4, 0.5) is 5.69 Å². The van der Waals surface area contributed by atoms with Crippen molar-refractivity contribution in [3.05, 3.63) is 52.1 Å². The highest BCUT2D eigenvalue weighted by Gasteiger charge is 2.09. The molecule has 0 bridgehead atoms. The minimum Gasteiger partial charge on any atom is -0.369 e. The smallest absolute Gasteiger partial charge is 0.269 e. The molecule has 0 heterocycles. The lowest BCUT2D eigenvalue weighted by atomic mass is 10.1. The number of nitro benzene ring substituents is 1. The minimum absolute atomic E-state index is 0.0256. The number of carbonyl (C=O) groups excluding carboxylic acids is 1. The first-order valence-corrected chi connectivity index (χ1v) is 5.11. The van der Waals surface area contributed by atoms with Crippen LogP contribution in [0.2, 0.25) is 0 Å². The van der Waals surface area contributed by atoms with Crippen LogP contribution in [0, 0.1) is 10.1 Å². The second-order valence-corrected chi connectivity index (χ2v) is 3.31. The molecule has 1 aromatic rings. The van der Waals surface area contributed by atoms with Gasteiger partial charge in [0.15, 0.2) is 5.78 Å². The monoisotopic (exact) mass is 235 g/mol. The lowest BCUT2D eigenvalue weighted by molar-refractivity contribution is -0.384. The lowest BCUT2D eigenvalue weighted by Crippen LogP contribution is -2.09. The van der Waals surface area contributed by atoms with E-state index in [9.17, 15) is 14.9 Å². The Bertz CT molecular complexity index is 423. The summed E-state index contributed by atoms with van der Waals surface area (Å²) < 4.78 is 5.10. The minimum atomic E-state index is -0.503. The normalized spacial score (nSPS) is 10.6. The Hall–Kier alpha value is -2.01. The number of benzene rings is 1. The SMILES string of the molecule is CC=CCOCC(=O)c1ccc([N+](=O)[O-])cc1. The van der Waals surface area contributed by atoms with E-state index < -0.39 is 4.92 Å². The van der Waals surface area contributed by atoms with E-state index in [0.29, 0.717) is 12.2 Å². The third-order valence-electron chi connectivity index (χ3n) is 2.08. The van der Waals surface area contributed by atoms with Gasteiger partial charge in [0.25, 0.3) is 5.69 Å². The Morgan fingerprint density at radius 3 is 2.59 bits per heavy atom. The van der Waals surface area contributed by atoms with Crippen LogP contribution in [0.5, 0.6) is 0 Å². The zero-order chi connectivity index (χ0) is 12.7. The molecule has 0 saturated carbocycles. The zero-order valence-electron chi connectivity index (χ0n) is 9.46. The molecular weight excluding hydrogens is 222 g/mol. The summed E-state index contributed by atoms with van der Waals surface area (Å²) in [6.07, 6.45) is 3.62. The van der Waals surface area contributed by atoms with Gasteiger partial charge in [0, 0.05) is 17.7 Å². The first kappa shape index (κ1) is 13.1. The highest BCUT2D eigenvalue weighted by Crippen LogP contribution is 2.12. The zero-order valence-corrected chi connectivity index (χ0v) is 9.46. The molecule has 17 heavy (non-hydrogen) atoms. The number of allylic oxidation sites excluding steroid dienone is 1. The fourth-order valence-corrected chi connectivity index (χ4v) is 1.17. The fraction of sp³-hybridized carbons (Fsp3) is 0.250. The van der Waals surface area contributed by atoms with Crippen LogP contribution in [0.15, 0.2) is 36.4 Å². The molecule has 0 aliphatic rings. The molecule has 0 N–H and O–H groups in total. The van der Waals surface area contributed by atoms with E-state index >= 15 is 0 Å². The maximum Gasteiger partial charge on any atom is 0.269 e. The second kappa shape index (κ2) is 6.55. The van der Waals surface area contributed by atoms with Crippen molar-refractivity contribution >= 4 is 11.5 Å². The Labute approximate surface area is 98.9 Å². The molecule has 90 valence electrons. The van der Waals surface area contributed by atoms with Gasteiger partial charge in [-0.25, -0.2) is 0 Å². The largest absolute Gasteiger partial charge is 0.369 e. The van der Waals surface area contributed by atoms with Gasteiger partial charge >= 0.3 is 0 Å². The number of carbonyl (C=O) groups is 1. The van der Waals surface area contributed by atoms with Gasteiger partial charge in [-0.05, 0) is 19.1 Å². The summed E-state index contributed by atoms with van der Waals surface area (Å²) in [5.74, 6) is -0.190. The molecule has 5 heteroatoms. The number of rotatable bonds is 6. The van der Waals surface area contributed by atoms with Crippen LogP contribution in [0.25, 0.3) is 0 Å². The van der Waals surface area contributed by atoms with Gasteiger partial charge in [0.1, 0.15) is 6.61 Å². The summed E-state index contributed by atoms with van der Waals surface area (Å²) in [5, 5.41) is 10.4. The lowest BCUT2D eigenvalue weighted by Gasteiger charge is -2.01. The number of hydrogen-bond acceptors (Lipinski definition) is 4. The van der Waals surface area contributed by atoms with E-state index in [2.05, 4.69) is 0 Å². The predicted molar refractivity (Wildman–Crippen MR) is 63.1 cm³/mol. The number of ether oxygens (including phenoxy) is 1. The Morgan fingerprint density at radius 2 is 2.06 bits per heavy atom. The van der Waals surface area contributed by atoms with E-state index in [-0.39, 0.29) is 18.1 Å². The molecule has 0 spiro atoms. The second-order valence-electron chi connectivity index (χ2n) is 3.31. The Morgan fingerprint density at radius 1 is 1.41 bits per heavy atom. The average molecular weight is 235 g/mol. The number of Topliss-reactive ketones (excluding diaryl/α,β-unsaturated/α-hetero) is 1. The van der Waals surface area contributed by atoms with Gasteiger partial charge in [-0.2, -0.15) is 0 Å². The molecule has 0 aromatic heterocycles. The molecule has 0 radical (unpaired) electrons. The molecule has 0 amide bonds. The molecule has 0 fully saturated rings. The van der Waals surface area contributed by atoms with Crippen LogP contribution in [-0.2, 0) is 4.74 Å². The first-order valence-electron chi connectivity index (χ1n) is 5.11. The molecule has 0 aliphatic carbocycles. The van der Waals surface area contributed by atoms with E-state index in [1.54, 1.807) is 6.08 Å².